The Balaban J connectivity index is 1.79. The Bertz CT molecular complexity index is 430. The maximum absolute atomic E-state index is 6.02. The molecule has 3 nitrogen and oxygen atoms in total. The lowest BCUT2D eigenvalue weighted by molar-refractivity contribution is 0.133. The zero-order valence-electron chi connectivity index (χ0n) is 11.2. The minimum atomic E-state index is 0.758. The maximum Gasteiger partial charge on any atom is 0.0417 e. The van der Waals surface area contributed by atoms with E-state index in [0.717, 1.165) is 18.3 Å². The van der Waals surface area contributed by atoms with Crippen molar-refractivity contribution in [3.63, 3.8) is 0 Å². The van der Waals surface area contributed by atoms with Crippen LogP contribution in [-0.2, 0) is 0 Å². The van der Waals surface area contributed by atoms with Gasteiger partial charge in [0.25, 0.3) is 0 Å². The quantitative estimate of drug-likeness (QED) is 0.770. The molecular formula is C15H23N3. The van der Waals surface area contributed by atoms with Gasteiger partial charge in [0.15, 0.2) is 0 Å². The molecule has 2 heterocycles. The van der Waals surface area contributed by atoms with E-state index in [1.807, 2.05) is 6.07 Å². The lowest BCUT2D eigenvalue weighted by Crippen LogP contribution is -2.55. The summed E-state index contributed by atoms with van der Waals surface area (Å²) >= 11 is 0. The van der Waals surface area contributed by atoms with Crippen molar-refractivity contribution >= 4 is 11.4 Å². The van der Waals surface area contributed by atoms with Gasteiger partial charge in [0.05, 0.1) is 0 Å². The van der Waals surface area contributed by atoms with Gasteiger partial charge in [0.1, 0.15) is 0 Å². The van der Waals surface area contributed by atoms with Crippen molar-refractivity contribution in [2.24, 2.45) is 0 Å². The fourth-order valence-corrected chi connectivity index (χ4v) is 3.36. The van der Waals surface area contributed by atoms with Gasteiger partial charge in [-0.3, -0.25) is 4.90 Å². The van der Waals surface area contributed by atoms with Gasteiger partial charge in [-0.15, -0.1) is 0 Å². The topological polar surface area (TPSA) is 32.5 Å². The molecule has 0 amide bonds. The minimum absolute atomic E-state index is 0.758. The van der Waals surface area contributed by atoms with Crippen LogP contribution < -0.4 is 10.6 Å². The summed E-state index contributed by atoms with van der Waals surface area (Å²) in [5, 5.41) is 0. The first-order valence-corrected chi connectivity index (χ1v) is 7.10. The Morgan fingerprint density at radius 1 is 1.17 bits per heavy atom. The third kappa shape index (κ3) is 2.07. The number of hydrogen-bond donors (Lipinski definition) is 1. The predicted molar refractivity (Wildman–Crippen MR) is 77.0 cm³/mol. The molecular weight excluding hydrogens is 222 g/mol. The van der Waals surface area contributed by atoms with Gasteiger partial charge in [0.2, 0.25) is 0 Å². The van der Waals surface area contributed by atoms with Gasteiger partial charge >= 0.3 is 0 Å². The van der Waals surface area contributed by atoms with Gasteiger partial charge in [0, 0.05) is 37.1 Å². The summed E-state index contributed by atoms with van der Waals surface area (Å²) in [4.78, 5) is 5.19. The number of piperidine rings is 1. The Morgan fingerprint density at radius 2 is 2.06 bits per heavy atom. The zero-order chi connectivity index (χ0) is 12.5. The molecule has 0 radical (unpaired) electrons. The fourth-order valence-electron chi connectivity index (χ4n) is 3.36. The van der Waals surface area contributed by atoms with E-state index >= 15 is 0 Å². The average molecular weight is 245 g/mol. The summed E-state index contributed by atoms with van der Waals surface area (Å²) in [6.45, 7) is 6.95. The number of rotatable bonds is 1. The Labute approximate surface area is 110 Å². The lowest BCUT2D eigenvalue weighted by atomic mass is 9.98. The van der Waals surface area contributed by atoms with E-state index in [2.05, 4.69) is 28.9 Å². The van der Waals surface area contributed by atoms with E-state index < -0.39 is 0 Å². The first-order chi connectivity index (χ1) is 8.75. The molecule has 2 aliphatic heterocycles. The number of nitrogens with two attached hydrogens (primary N) is 1. The van der Waals surface area contributed by atoms with Crippen molar-refractivity contribution in [1.82, 2.24) is 4.90 Å². The summed E-state index contributed by atoms with van der Waals surface area (Å²) in [5.41, 5.74) is 9.51. The van der Waals surface area contributed by atoms with E-state index in [1.165, 1.54) is 50.1 Å². The van der Waals surface area contributed by atoms with Gasteiger partial charge < -0.3 is 10.6 Å². The first-order valence-electron chi connectivity index (χ1n) is 7.10. The second kappa shape index (κ2) is 4.81. The molecule has 2 N–H and O–H groups in total. The summed E-state index contributed by atoms with van der Waals surface area (Å²) in [5.74, 6) is 0. The average Bonchev–Trinajstić information content (AvgIpc) is 2.41. The molecule has 18 heavy (non-hydrogen) atoms. The maximum atomic E-state index is 6.02. The molecule has 2 aliphatic rings. The highest BCUT2D eigenvalue weighted by molar-refractivity contribution is 5.64. The molecule has 2 saturated heterocycles. The van der Waals surface area contributed by atoms with Gasteiger partial charge in [-0.05, 0) is 44.0 Å². The summed E-state index contributed by atoms with van der Waals surface area (Å²) in [7, 11) is 0. The van der Waals surface area contributed by atoms with E-state index in [1.54, 1.807) is 0 Å². The van der Waals surface area contributed by atoms with Crippen molar-refractivity contribution in [1.29, 1.82) is 0 Å². The molecule has 0 aromatic heterocycles. The molecule has 1 atom stereocenters. The largest absolute Gasteiger partial charge is 0.398 e. The minimum Gasteiger partial charge on any atom is -0.398 e. The Morgan fingerprint density at radius 3 is 2.94 bits per heavy atom. The molecule has 3 rings (SSSR count). The fraction of sp³-hybridized carbons (Fsp3) is 0.600. The second-order valence-electron chi connectivity index (χ2n) is 5.62. The highest BCUT2D eigenvalue weighted by Gasteiger charge is 2.29. The van der Waals surface area contributed by atoms with Crippen LogP contribution in [0.25, 0.3) is 0 Å². The van der Waals surface area contributed by atoms with Crippen molar-refractivity contribution in [2.75, 3.05) is 36.8 Å². The first kappa shape index (κ1) is 11.8. The SMILES string of the molecule is Cc1c(N)cccc1N1CCN2CCCCC2C1. The number of benzene rings is 1. The normalized spacial score (nSPS) is 24.9. The lowest BCUT2D eigenvalue weighted by Gasteiger charge is -2.45. The van der Waals surface area contributed by atoms with Crippen LogP contribution in [0, 0.1) is 6.92 Å². The zero-order valence-corrected chi connectivity index (χ0v) is 11.2. The van der Waals surface area contributed by atoms with Gasteiger partial charge in [-0.2, -0.15) is 0 Å². The molecule has 0 saturated carbocycles. The number of nitrogen functional groups attached to an aromatic ring is 1. The Hall–Kier alpha value is -1.22. The highest BCUT2D eigenvalue weighted by Crippen LogP contribution is 2.29. The number of fused-ring (bicyclic) bond motifs is 1. The van der Waals surface area contributed by atoms with Crippen molar-refractivity contribution in [2.45, 2.75) is 32.2 Å². The van der Waals surface area contributed by atoms with Crippen LogP contribution in [0.5, 0.6) is 0 Å². The van der Waals surface area contributed by atoms with E-state index in [9.17, 15) is 0 Å². The molecule has 2 fully saturated rings. The van der Waals surface area contributed by atoms with Crippen LogP contribution in [0.4, 0.5) is 11.4 Å². The van der Waals surface area contributed by atoms with E-state index in [4.69, 9.17) is 5.73 Å². The smallest absolute Gasteiger partial charge is 0.0417 e. The van der Waals surface area contributed by atoms with E-state index in [-0.39, 0.29) is 0 Å². The van der Waals surface area contributed by atoms with Gasteiger partial charge in [-0.1, -0.05) is 12.5 Å². The molecule has 1 aromatic rings. The van der Waals surface area contributed by atoms with E-state index in [0.29, 0.717) is 0 Å². The van der Waals surface area contributed by atoms with Crippen molar-refractivity contribution < 1.29 is 0 Å². The van der Waals surface area contributed by atoms with Crippen molar-refractivity contribution in [3.05, 3.63) is 23.8 Å². The molecule has 1 unspecified atom stereocenters. The molecule has 1 aromatic carbocycles. The molecule has 98 valence electrons. The third-order valence-electron chi connectivity index (χ3n) is 4.53. The second-order valence-corrected chi connectivity index (χ2v) is 5.62. The number of anilines is 2. The van der Waals surface area contributed by atoms with Crippen LogP contribution in [-0.4, -0.2) is 37.1 Å². The van der Waals surface area contributed by atoms with Crippen LogP contribution >= 0.6 is 0 Å². The summed E-state index contributed by atoms with van der Waals surface area (Å²) in [6, 6.07) is 7.04. The number of nitrogens with zero attached hydrogens (tertiary/aromatic N) is 2. The number of piperazine rings is 1. The van der Waals surface area contributed by atoms with Crippen molar-refractivity contribution in [3.8, 4) is 0 Å². The van der Waals surface area contributed by atoms with Crippen LogP contribution in [0.15, 0.2) is 18.2 Å². The monoisotopic (exact) mass is 245 g/mol. The third-order valence-corrected chi connectivity index (χ3v) is 4.53. The standard InChI is InChI=1S/C15H23N3/c1-12-14(16)6-4-7-15(12)18-10-9-17-8-3-2-5-13(17)11-18/h4,6-7,13H,2-3,5,8-11,16H2,1H3. The molecule has 3 heteroatoms. The predicted octanol–water partition coefficient (Wildman–Crippen LogP) is 2.25. The van der Waals surface area contributed by atoms with Crippen LogP contribution in [0.3, 0.4) is 0 Å². The highest BCUT2D eigenvalue weighted by atomic mass is 15.3. The molecule has 0 spiro atoms. The summed E-state index contributed by atoms with van der Waals surface area (Å²) in [6.07, 6.45) is 4.14. The summed E-state index contributed by atoms with van der Waals surface area (Å²) < 4.78 is 0. The molecule has 0 bridgehead atoms. The number of hydrogen-bond acceptors (Lipinski definition) is 3. The van der Waals surface area contributed by atoms with Crippen LogP contribution in [0.2, 0.25) is 0 Å². The Kier molecular flexibility index (Phi) is 3.16. The molecule has 0 aliphatic carbocycles. The van der Waals surface area contributed by atoms with Gasteiger partial charge in [-0.25, -0.2) is 0 Å². The van der Waals surface area contributed by atoms with Crippen LogP contribution in [0.1, 0.15) is 24.8 Å².